The van der Waals surface area contributed by atoms with Gasteiger partial charge in [0.15, 0.2) is 23.0 Å². The van der Waals surface area contributed by atoms with Crippen molar-refractivity contribution in [1.29, 1.82) is 0 Å². The smallest absolute Gasteiger partial charge is 0.294 e. The van der Waals surface area contributed by atoms with Gasteiger partial charge in [0.25, 0.3) is 5.91 Å². The van der Waals surface area contributed by atoms with E-state index in [-0.39, 0.29) is 30.5 Å². The zero-order valence-electron chi connectivity index (χ0n) is 15.6. The molecule has 1 aromatic heterocycles. The number of hydrogen-bond donors (Lipinski definition) is 1. The second kappa shape index (κ2) is 6.99. The van der Waals surface area contributed by atoms with Crippen molar-refractivity contribution in [3.63, 3.8) is 0 Å². The fraction of sp³-hybridized carbons (Fsp3) is 0.286. The van der Waals surface area contributed by atoms with Crippen molar-refractivity contribution in [3.8, 4) is 11.5 Å². The highest BCUT2D eigenvalue weighted by atomic mass is 16.7. The van der Waals surface area contributed by atoms with Gasteiger partial charge in [-0.2, -0.15) is 0 Å². The Morgan fingerprint density at radius 1 is 1.21 bits per heavy atom. The topological polar surface area (TPSA) is 89.0 Å². The van der Waals surface area contributed by atoms with Gasteiger partial charge in [-0.3, -0.25) is 19.5 Å². The first kappa shape index (κ1) is 18.0. The maximum Gasteiger partial charge on any atom is 0.294 e. The third kappa shape index (κ3) is 2.98. The molecule has 0 saturated heterocycles. The average molecular weight is 380 g/mol. The lowest BCUT2D eigenvalue weighted by atomic mass is 9.92. The number of carbonyl (C=O) groups excluding carboxylic acids is 2. The lowest BCUT2D eigenvalue weighted by Gasteiger charge is -2.27. The van der Waals surface area contributed by atoms with Crippen LogP contribution in [0, 0.1) is 5.92 Å². The number of aromatic nitrogens is 1. The predicted molar refractivity (Wildman–Crippen MR) is 101 cm³/mol. The Balaban J connectivity index is 1.82. The van der Waals surface area contributed by atoms with Crippen LogP contribution in [0.5, 0.6) is 11.5 Å². The van der Waals surface area contributed by atoms with Gasteiger partial charge in [0, 0.05) is 30.6 Å². The molecular weight excluding hydrogens is 360 g/mol. The SMILES string of the molecule is CC(C)CC(=O)C1=C(O)C(=O)N(c2ccc3c(c2)OCO3)C1c1ccncc1. The number of carbonyl (C=O) groups is 2. The maximum absolute atomic E-state index is 13.0. The number of ether oxygens (including phenoxy) is 2. The number of rotatable bonds is 5. The van der Waals surface area contributed by atoms with Gasteiger partial charge in [-0.25, -0.2) is 0 Å². The van der Waals surface area contributed by atoms with Gasteiger partial charge in [0.05, 0.1) is 11.6 Å². The fourth-order valence-corrected chi connectivity index (χ4v) is 3.53. The van der Waals surface area contributed by atoms with E-state index < -0.39 is 17.7 Å². The molecule has 3 heterocycles. The summed E-state index contributed by atoms with van der Waals surface area (Å²) in [6.07, 6.45) is 3.43. The highest BCUT2D eigenvalue weighted by Crippen LogP contribution is 2.44. The third-order valence-corrected chi connectivity index (χ3v) is 4.76. The van der Waals surface area contributed by atoms with Gasteiger partial charge in [-0.05, 0) is 35.7 Å². The van der Waals surface area contributed by atoms with Crippen LogP contribution in [0.25, 0.3) is 0 Å². The first-order chi connectivity index (χ1) is 13.5. The lowest BCUT2D eigenvalue weighted by Crippen LogP contribution is -2.31. The maximum atomic E-state index is 13.0. The number of Topliss-reactive ketones (excluding diaryl/α,β-unsaturated/α-hetero) is 1. The van der Waals surface area contributed by atoms with Gasteiger partial charge in [-0.1, -0.05) is 13.8 Å². The number of nitrogens with zero attached hydrogens (tertiary/aromatic N) is 2. The van der Waals surface area contributed by atoms with E-state index in [0.29, 0.717) is 22.7 Å². The van der Waals surface area contributed by atoms with Crippen molar-refractivity contribution in [2.45, 2.75) is 26.3 Å². The van der Waals surface area contributed by atoms with Crippen LogP contribution in [-0.4, -0.2) is 28.6 Å². The monoisotopic (exact) mass is 380 g/mol. The number of amides is 1. The molecule has 1 N–H and O–H groups in total. The summed E-state index contributed by atoms with van der Waals surface area (Å²) >= 11 is 0. The van der Waals surface area contributed by atoms with E-state index in [1.54, 1.807) is 42.7 Å². The molecule has 0 radical (unpaired) electrons. The van der Waals surface area contributed by atoms with Crippen LogP contribution in [0.2, 0.25) is 0 Å². The largest absolute Gasteiger partial charge is 0.503 e. The molecule has 4 rings (SSSR count). The number of benzene rings is 1. The van der Waals surface area contributed by atoms with E-state index in [0.717, 1.165) is 0 Å². The Kier molecular flexibility index (Phi) is 4.50. The molecule has 2 aliphatic rings. The number of ketones is 1. The molecule has 1 unspecified atom stereocenters. The number of aliphatic hydroxyl groups is 1. The van der Waals surface area contributed by atoms with Gasteiger partial charge in [0.1, 0.15) is 0 Å². The second-order valence-corrected chi connectivity index (χ2v) is 7.18. The summed E-state index contributed by atoms with van der Waals surface area (Å²) in [5.41, 5.74) is 1.31. The summed E-state index contributed by atoms with van der Waals surface area (Å²) in [6.45, 7) is 3.95. The van der Waals surface area contributed by atoms with Crippen LogP contribution in [0.3, 0.4) is 0 Å². The molecule has 1 aromatic carbocycles. The van der Waals surface area contributed by atoms with E-state index in [1.807, 2.05) is 13.8 Å². The van der Waals surface area contributed by atoms with E-state index in [9.17, 15) is 14.7 Å². The van der Waals surface area contributed by atoms with E-state index >= 15 is 0 Å². The van der Waals surface area contributed by atoms with Crippen molar-refractivity contribution in [2.75, 3.05) is 11.7 Å². The third-order valence-electron chi connectivity index (χ3n) is 4.76. The minimum Gasteiger partial charge on any atom is -0.503 e. The van der Waals surface area contributed by atoms with Gasteiger partial charge in [0.2, 0.25) is 6.79 Å². The number of fused-ring (bicyclic) bond motifs is 1. The molecule has 0 bridgehead atoms. The normalized spacial score (nSPS) is 18.3. The van der Waals surface area contributed by atoms with Crippen molar-refractivity contribution in [1.82, 2.24) is 4.98 Å². The summed E-state index contributed by atoms with van der Waals surface area (Å²) in [5, 5.41) is 10.6. The number of hydrogen-bond acceptors (Lipinski definition) is 6. The molecule has 0 saturated carbocycles. The molecule has 0 aliphatic carbocycles. The van der Waals surface area contributed by atoms with Crippen LogP contribution in [-0.2, 0) is 9.59 Å². The highest BCUT2D eigenvalue weighted by Gasteiger charge is 2.44. The molecule has 1 amide bonds. The lowest BCUT2D eigenvalue weighted by molar-refractivity contribution is -0.118. The summed E-state index contributed by atoms with van der Waals surface area (Å²) in [4.78, 5) is 31.3. The number of anilines is 1. The molecule has 28 heavy (non-hydrogen) atoms. The van der Waals surface area contributed by atoms with Crippen LogP contribution in [0.4, 0.5) is 5.69 Å². The standard InChI is InChI=1S/C21H20N2O5/c1-12(2)9-15(24)18-19(13-5-7-22-8-6-13)23(21(26)20(18)25)14-3-4-16-17(10-14)28-11-27-16/h3-8,10,12,19,25H,9,11H2,1-2H3. The zero-order chi connectivity index (χ0) is 19.8. The Hall–Kier alpha value is -3.35. The molecular formula is C21H20N2O5. The fourth-order valence-electron chi connectivity index (χ4n) is 3.53. The molecule has 7 nitrogen and oxygen atoms in total. The molecule has 1 atom stereocenters. The quantitative estimate of drug-likeness (QED) is 0.856. The Morgan fingerprint density at radius 3 is 2.64 bits per heavy atom. The van der Waals surface area contributed by atoms with Gasteiger partial charge >= 0.3 is 0 Å². The minimum absolute atomic E-state index is 0.0978. The van der Waals surface area contributed by atoms with Gasteiger partial charge < -0.3 is 14.6 Å². The van der Waals surface area contributed by atoms with Crippen molar-refractivity contribution in [3.05, 3.63) is 59.6 Å². The van der Waals surface area contributed by atoms with E-state index in [2.05, 4.69) is 4.98 Å². The Labute approximate surface area is 162 Å². The Bertz CT molecular complexity index is 968. The Morgan fingerprint density at radius 2 is 1.93 bits per heavy atom. The molecule has 144 valence electrons. The van der Waals surface area contributed by atoms with Crippen molar-refractivity contribution >= 4 is 17.4 Å². The number of pyridine rings is 1. The van der Waals surface area contributed by atoms with Crippen LogP contribution in [0.1, 0.15) is 31.9 Å². The van der Waals surface area contributed by atoms with Crippen LogP contribution >= 0.6 is 0 Å². The average Bonchev–Trinajstić information content (AvgIpc) is 3.24. The van der Waals surface area contributed by atoms with Crippen molar-refractivity contribution < 1.29 is 24.2 Å². The molecule has 2 aromatic rings. The van der Waals surface area contributed by atoms with Crippen molar-refractivity contribution in [2.24, 2.45) is 5.92 Å². The van der Waals surface area contributed by atoms with Crippen LogP contribution < -0.4 is 14.4 Å². The minimum atomic E-state index is -0.734. The van der Waals surface area contributed by atoms with E-state index in [4.69, 9.17) is 9.47 Å². The first-order valence-corrected chi connectivity index (χ1v) is 9.07. The van der Waals surface area contributed by atoms with Crippen LogP contribution in [0.15, 0.2) is 54.1 Å². The summed E-state index contributed by atoms with van der Waals surface area (Å²) < 4.78 is 10.7. The number of aliphatic hydroxyl groups excluding tert-OH is 1. The molecule has 7 heteroatoms. The molecule has 0 fully saturated rings. The van der Waals surface area contributed by atoms with E-state index in [1.165, 1.54) is 4.90 Å². The molecule has 0 spiro atoms. The predicted octanol–water partition coefficient (Wildman–Crippen LogP) is 3.33. The summed E-state index contributed by atoms with van der Waals surface area (Å²) in [7, 11) is 0. The molecule has 2 aliphatic heterocycles. The first-order valence-electron chi connectivity index (χ1n) is 9.07. The summed E-state index contributed by atoms with van der Waals surface area (Å²) in [6, 6.07) is 7.83. The van der Waals surface area contributed by atoms with Gasteiger partial charge in [-0.15, -0.1) is 0 Å². The summed E-state index contributed by atoms with van der Waals surface area (Å²) in [5.74, 6) is -0.172. The second-order valence-electron chi connectivity index (χ2n) is 7.18. The highest BCUT2D eigenvalue weighted by molar-refractivity contribution is 6.16. The zero-order valence-corrected chi connectivity index (χ0v) is 15.6.